The highest BCUT2D eigenvalue weighted by atomic mass is 16.5. The minimum atomic E-state index is -0.682. The summed E-state index contributed by atoms with van der Waals surface area (Å²) < 4.78 is 4.74. The van der Waals surface area contributed by atoms with Crippen LogP contribution in [0.15, 0.2) is 0 Å². The van der Waals surface area contributed by atoms with Crippen LogP contribution in [0.25, 0.3) is 0 Å². The highest BCUT2D eigenvalue weighted by Gasteiger charge is 2.37. The second-order valence-corrected chi connectivity index (χ2v) is 5.86. The van der Waals surface area contributed by atoms with Gasteiger partial charge >= 0.3 is 5.97 Å². The molecule has 2 atom stereocenters. The molecule has 0 aromatic carbocycles. The van der Waals surface area contributed by atoms with Crippen molar-refractivity contribution in [2.45, 2.75) is 45.6 Å². The van der Waals surface area contributed by atoms with Gasteiger partial charge in [-0.15, -0.1) is 0 Å². The normalized spacial score (nSPS) is 19.7. The fraction of sp³-hybridized carbons (Fsp3) is 0.786. The van der Waals surface area contributed by atoms with Crippen LogP contribution in [0.4, 0.5) is 0 Å². The zero-order chi connectivity index (χ0) is 16.7. The first-order valence-corrected chi connectivity index (χ1v) is 7.48. The lowest BCUT2D eigenvalue weighted by Crippen LogP contribution is -2.58. The minimum absolute atomic E-state index is 0.125. The van der Waals surface area contributed by atoms with Gasteiger partial charge in [0.1, 0.15) is 6.04 Å². The Morgan fingerprint density at radius 3 is 2.64 bits per heavy atom. The number of nitrogens with zero attached hydrogens (tertiary/aromatic N) is 1. The fourth-order valence-electron chi connectivity index (χ4n) is 2.63. The van der Waals surface area contributed by atoms with Gasteiger partial charge in [-0.1, -0.05) is 13.8 Å². The van der Waals surface area contributed by atoms with Crippen molar-refractivity contribution < 1.29 is 24.3 Å². The van der Waals surface area contributed by atoms with Crippen LogP contribution < -0.4 is 10.9 Å². The van der Waals surface area contributed by atoms with E-state index in [2.05, 4.69) is 5.43 Å². The van der Waals surface area contributed by atoms with Gasteiger partial charge in [0, 0.05) is 18.9 Å². The summed E-state index contributed by atoms with van der Waals surface area (Å²) in [4.78, 5) is 36.0. The number of hydroxylamine groups is 1. The zero-order valence-electron chi connectivity index (χ0n) is 13.3. The molecule has 1 aliphatic rings. The maximum Gasteiger partial charge on any atom is 0.330 e. The van der Waals surface area contributed by atoms with Crippen LogP contribution >= 0.6 is 0 Å². The third kappa shape index (κ3) is 4.96. The second kappa shape index (κ2) is 8.70. The van der Waals surface area contributed by atoms with Crippen LogP contribution in [0, 0.1) is 11.8 Å². The van der Waals surface area contributed by atoms with Crippen molar-refractivity contribution in [1.82, 2.24) is 15.9 Å². The highest BCUT2D eigenvalue weighted by Crippen LogP contribution is 2.22. The molecular weight excluding hydrogens is 290 g/mol. The molecule has 0 aromatic rings. The predicted octanol–water partition coefficient (Wildman–Crippen LogP) is 0.213. The number of esters is 1. The van der Waals surface area contributed by atoms with Gasteiger partial charge in [-0.2, -0.15) is 0 Å². The SMILES string of the molecule is COC(=O)[C@@H]1CCCNN1C(=O)[C@@H](CC(=O)NO)CC(C)C. The van der Waals surface area contributed by atoms with Crippen molar-refractivity contribution in [3.8, 4) is 0 Å². The van der Waals surface area contributed by atoms with E-state index < -0.39 is 23.8 Å². The molecule has 0 saturated carbocycles. The number of carbonyl (C=O) groups excluding carboxylic acids is 3. The Bertz CT molecular complexity index is 413. The van der Waals surface area contributed by atoms with Crippen LogP contribution in [0.3, 0.4) is 0 Å². The van der Waals surface area contributed by atoms with E-state index in [1.54, 1.807) is 5.48 Å². The monoisotopic (exact) mass is 315 g/mol. The Balaban J connectivity index is 2.88. The van der Waals surface area contributed by atoms with Crippen molar-refractivity contribution >= 4 is 17.8 Å². The molecule has 22 heavy (non-hydrogen) atoms. The summed E-state index contributed by atoms with van der Waals surface area (Å²) in [6, 6.07) is -0.682. The maximum atomic E-state index is 12.7. The molecule has 0 aromatic heterocycles. The van der Waals surface area contributed by atoms with Crippen molar-refractivity contribution in [2.75, 3.05) is 13.7 Å². The van der Waals surface area contributed by atoms with E-state index in [9.17, 15) is 14.4 Å². The fourth-order valence-corrected chi connectivity index (χ4v) is 2.63. The molecule has 1 saturated heterocycles. The molecule has 126 valence electrons. The molecule has 3 N–H and O–H groups in total. The van der Waals surface area contributed by atoms with E-state index in [1.165, 1.54) is 12.1 Å². The second-order valence-electron chi connectivity index (χ2n) is 5.86. The maximum absolute atomic E-state index is 12.7. The molecule has 0 radical (unpaired) electrons. The van der Waals surface area contributed by atoms with Crippen molar-refractivity contribution in [3.05, 3.63) is 0 Å². The predicted molar refractivity (Wildman–Crippen MR) is 77.4 cm³/mol. The summed E-state index contributed by atoms with van der Waals surface area (Å²) in [6.45, 7) is 4.47. The number of nitrogens with one attached hydrogen (secondary N) is 2. The van der Waals surface area contributed by atoms with Crippen molar-refractivity contribution in [2.24, 2.45) is 11.8 Å². The highest BCUT2D eigenvalue weighted by molar-refractivity contribution is 5.88. The Hall–Kier alpha value is -1.67. The first-order chi connectivity index (χ1) is 10.4. The van der Waals surface area contributed by atoms with Gasteiger partial charge in [0.2, 0.25) is 11.8 Å². The average molecular weight is 315 g/mol. The molecule has 1 fully saturated rings. The average Bonchev–Trinajstić information content (AvgIpc) is 2.52. The minimum Gasteiger partial charge on any atom is -0.467 e. The molecule has 0 unspecified atom stereocenters. The molecule has 8 heteroatoms. The summed E-state index contributed by atoms with van der Waals surface area (Å²) in [5.41, 5.74) is 4.47. The van der Waals surface area contributed by atoms with Crippen LogP contribution in [-0.4, -0.2) is 47.7 Å². The molecule has 0 bridgehead atoms. The summed E-state index contributed by atoms with van der Waals surface area (Å²) in [5.74, 6) is -1.83. The van der Waals surface area contributed by atoms with Crippen LogP contribution in [0.5, 0.6) is 0 Å². The molecule has 1 aliphatic heterocycles. The number of carbonyl (C=O) groups is 3. The molecule has 2 amide bonds. The topological polar surface area (TPSA) is 108 Å². The van der Waals surface area contributed by atoms with Crippen molar-refractivity contribution in [3.63, 3.8) is 0 Å². The summed E-state index contributed by atoms with van der Waals surface area (Å²) >= 11 is 0. The molecular formula is C14H25N3O5. The summed E-state index contributed by atoms with van der Waals surface area (Å²) in [7, 11) is 1.28. The van der Waals surface area contributed by atoms with Gasteiger partial charge in [-0.05, 0) is 25.2 Å². The lowest BCUT2D eigenvalue weighted by molar-refractivity contribution is -0.161. The lowest BCUT2D eigenvalue weighted by Gasteiger charge is -2.36. The van der Waals surface area contributed by atoms with Gasteiger partial charge in [-0.3, -0.25) is 19.8 Å². The van der Waals surface area contributed by atoms with E-state index in [1.807, 2.05) is 13.8 Å². The van der Waals surface area contributed by atoms with Crippen LogP contribution in [-0.2, 0) is 19.1 Å². The number of methoxy groups -OCH3 is 1. The van der Waals surface area contributed by atoms with Crippen molar-refractivity contribution in [1.29, 1.82) is 0 Å². The Morgan fingerprint density at radius 1 is 1.41 bits per heavy atom. The summed E-state index contributed by atoms with van der Waals surface area (Å²) in [5, 5.41) is 9.96. The van der Waals surface area contributed by atoms with Crippen LogP contribution in [0.2, 0.25) is 0 Å². The van der Waals surface area contributed by atoms with E-state index in [0.717, 1.165) is 6.42 Å². The van der Waals surface area contributed by atoms with Gasteiger partial charge in [-0.25, -0.2) is 15.7 Å². The molecule has 1 heterocycles. The quantitative estimate of drug-likeness (QED) is 0.367. The first kappa shape index (κ1) is 18.4. The smallest absolute Gasteiger partial charge is 0.330 e. The van der Waals surface area contributed by atoms with Gasteiger partial charge in [0.05, 0.1) is 7.11 Å². The molecule has 0 spiro atoms. The number of amides is 2. The largest absolute Gasteiger partial charge is 0.467 e. The molecule has 8 nitrogen and oxygen atoms in total. The van der Waals surface area contributed by atoms with E-state index in [0.29, 0.717) is 19.4 Å². The Kier molecular flexibility index (Phi) is 7.26. The lowest BCUT2D eigenvalue weighted by atomic mass is 9.92. The van der Waals surface area contributed by atoms with Crippen LogP contribution in [0.1, 0.15) is 39.5 Å². The summed E-state index contributed by atoms with van der Waals surface area (Å²) in [6.07, 6.45) is 1.64. The third-order valence-electron chi connectivity index (χ3n) is 3.62. The van der Waals surface area contributed by atoms with E-state index in [-0.39, 0.29) is 18.2 Å². The number of hydrogen-bond donors (Lipinski definition) is 3. The Labute approximate surface area is 130 Å². The number of hydrogen-bond acceptors (Lipinski definition) is 6. The standard InChI is InChI=1S/C14H25N3O5/c1-9(2)7-10(8-12(18)16-21)13(19)17-11(14(20)22-3)5-4-6-15-17/h9-11,15,21H,4-8H2,1-3H3,(H,16,18)/t10-,11+/m1/s1. The Morgan fingerprint density at radius 2 is 2.09 bits per heavy atom. The first-order valence-electron chi connectivity index (χ1n) is 7.48. The number of ether oxygens (including phenoxy) is 1. The number of rotatable bonds is 6. The van der Waals surface area contributed by atoms with Gasteiger partial charge in [0.15, 0.2) is 0 Å². The van der Waals surface area contributed by atoms with Gasteiger partial charge < -0.3 is 4.74 Å². The van der Waals surface area contributed by atoms with E-state index in [4.69, 9.17) is 9.94 Å². The third-order valence-corrected chi connectivity index (χ3v) is 3.62. The zero-order valence-corrected chi connectivity index (χ0v) is 13.3. The number of hydrazine groups is 1. The molecule has 1 rings (SSSR count). The molecule has 0 aliphatic carbocycles. The van der Waals surface area contributed by atoms with E-state index >= 15 is 0 Å². The van der Waals surface area contributed by atoms with Gasteiger partial charge in [0.25, 0.3) is 0 Å².